The predicted octanol–water partition coefficient (Wildman–Crippen LogP) is 1.51. The molecule has 0 bridgehead atoms. The van der Waals surface area contributed by atoms with Crippen LogP contribution < -0.4 is 0 Å². The summed E-state index contributed by atoms with van der Waals surface area (Å²) in [5.74, 6) is 1.87. The molecule has 0 saturated heterocycles. The van der Waals surface area contributed by atoms with Crippen LogP contribution in [-0.4, -0.2) is 4.98 Å². The second-order valence-corrected chi connectivity index (χ2v) is 1.92. The van der Waals surface area contributed by atoms with E-state index in [0.717, 1.165) is 0 Å². The Balaban J connectivity index is 3.31. The molecule has 0 fully saturated rings. The SMILES string of the molecule is C#Cc1ccnc(F)c1C. The third-order valence-electron chi connectivity index (χ3n) is 1.30. The van der Waals surface area contributed by atoms with E-state index >= 15 is 0 Å². The second-order valence-electron chi connectivity index (χ2n) is 1.92. The van der Waals surface area contributed by atoms with Crippen molar-refractivity contribution in [1.82, 2.24) is 4.98 Å². The Labute approximate surface area is 58.9 Å². The van der Waals surface area contributed by atoms with E-state index in [9.17, 15) is 4.39 Å². The summed E-state index contributed by atoms with van der Waals surface area (Å²) in [6.07, 6.45) is 6.43. The molecule has 10 heavy (non-hydrogen) atoms. The molecule has 0 aliphatic rings. The minimum atomic E-state index is -0.490. The van der Waals surface area contributed by atoms with Crippen molar-refractivity contribution in [3.8, 4) is 12.3 Å². The van der Waals surface area contributed by atoms with Crippen molar-refractivity contribution in [2.45, 2.75) is 6.92 Å². The molecule has 50 valence electrons. The van der Waals surface area contributed by atoms with Crippen molar-refractivity contribution >= 4 is 0 Å². The molecule has 0 amide bonds. The van der Waals surface area contributed by atoms with Crippen LogP contribution in [0.1, 0.15) is 11.1 Å². The molecular weight excluding hydrogens is 129 g/mol. The summed E-state index contributed by atoms with van der Waals surface area (Å²) >= 11 is 0. The molecule has 0 aliphatic carbocycles. The van der Waals surface area contributed by atoms with Crippen molar-refractivity contribution in [2.24, 2.45) is 0 Å². The molecule has 0 spiro atoms. The fraction of sp³-hybridized carbons (Fsp3) is 0.125. The van der Waals surface area contributed by atoms with Crippen molar-refractivity contribution < 1.29 is 4.39 Å². The molecule has 0 aromatic carbocycles. The van der Waals surface area contributed by atoms with Gasteiger partial charge in [-0.15, -0.1) is 6.42 Å². The number of hydrogen-bond acceptors (Lipinski definition) is 1. The summed E-state index contributed by atoms with van der Waals surface area (Å²) in [5.41, 5.74) is 0.998. The lowest BCUT2D eigenvalue weighted by Gasteiger charge is -1.95. The molecule has 2 heteroatoms. The highest BCUT2D eigenvalue weighted by Gasteiger charge is 1.99. The molecule has 0 atom stereocenters. The standard InChI is InChI=1S/C8H6FN/c1-3-7-4-5-10-8(9)6(7)2/h1,4-5H,2H3. The summed E-state index contributed by atoms with van der Waals surface area (Å²) in [6, 6.07) is 1.61. The van der Waals surface area contributed by atoms with E-state index in [4.69, 9.17) is 6.42 Å². The number of halogens is 1. The van der Waals surface area contributed by atoms with E-state index in [-0.39, 0.29) is 0 Å². The Kier molecular flexibility index (Phi) is 1.68. The van der Waals surface area contributed by atoms with Crippen LogP contribution in [0.2, 0.25) is 0 Å². The molecule has 1 aromatic heterocycles. The maximum absolute atomic E-state index is 12.6. The zero-order valence-corrected chi connectivity index (χ0v) is 5.56. The number of nitrogens with zero attached hydrogens (tertiary/aromatic N) is 1. The first-order valence-electron chi connectivity index (χ1n) is 2.83. The number of terminal acetylenes is 1. The monoisotopic (exact) mass is 135 g/mol. The fourth-order valence-corrected chi connectivity index (χ4v) is 0.667. The molecule has 0 aliphatic heterocycles. The summed E-state index contributed by atoms with van der Waals surface area (Å²) < 4.78 is 12.6. The lowest BCUT2D eigenvalue weighted by molar-refractivity contribution is 0.574. The van der Waals surface area contributed by atoms with Gasteiger partial charge in [0.2, 0.25) is 5.95 Å². The van der Waals surface area contributed by atoms with Gasteiger partial charge in [-0.05, 0) is 13.0 Å². The normalized spacial score (nSPS) is 8.90. The molecule has 0 N–H and O–H groups in total. The van der Waals surface area contributed by atoms with Gasteiger partial charge in [-0.25, -0.2) is 4.98 Å². The van der Waals surface area contributed by atoms with Gasteiger partial charge in [0.05, 0.1) is 0 Å². The summed E-state index contributed by atoms with van der Waals surface area (Å²) in [4.78, 5) is 3.43. The van der Waals surface area contributed by atoms with Crippen LogP contribution in [-0.2, 0) is 0 Å². The first-order chi connectivity index (χ1) is 4.75. The highest BCUT2D eigenvalue weighted by Crippen LogP contribution is 2.06. The van der Waals surface area contributed by atoms with Gasteiger partial charge in [-0.3, -0.25) is 0 Å². The number of aromatic nitrogens is 1. The van der Waals surface area contributed by atoms with Gasteiger partial charge in [0.1, 0.15) is 0 Å². The number of pyridine rings is 1. The van der Waals surface area contributed by atoms with Crippen LogP contribution in [0.25, 0.3) is 0 Å². The summed E-state index contributed by atoms with van der Waals surface area (Å²) in [7, 11) is 0. The van der Waals surface area contributed by atoms with Gasteiger partial charge < -0.3 is 0 Å². The Bertz CT molecular complexity index is 286. The van der Waals surface area contributed by atoms with Gasteiger partial charge >= 0.3 is 0 Å². The average molecular weight is 135 g/mol. The van der Waals surface area contributed by atoms with E-state index in [1.165, 1.54) is 6.20 Å². The largest absolute Gasteiger partial charge is 0.228 e. The third kappa shape index (κ3) is 0.985. The molecule has 1 aromatic rings. The van der Waals surface area contributed by atoms with Crippen LogP contribution in [0.5, 0.6) is 0 Å². The van der Waals surface area contributed by atoms with E-state index in [0.29, 0.717) is 11.1 Å². The number of hydrogen-bond donors (Lipinski definition) is 0. The maximum Gasteiger partial charge on any atom is 0.216 e. The molecular formula is C8H6FN. The maximum atomic E-state index is 12.6. The fourth-order valence-electron chi connectivity index (χ4n) is 0.667. The minimum Gasteiger partial charge on any atom is -0.228 e. The topological polar surface area (TPSA) is 12.9 Å². The molecule has 0 radical (unpaired) electrons. The smallest absolute Gasteiger partial charge is 0.216 e. The molecule has 1 nitrogen and oxygen atoms in total. The third-order valence-corrected chi connectivity index (χ3v) is 1.30. The Morgan fingerprint density at radius 3 is 2.90 bits per heavy atom. The van der Waals surface area contributed by atoms with Crippen molar-refractivity contribution in [1.29, 1.82) is 0 Å². The Hall–Kier alpha value is -1.36. The zero-order valence-electron chi connectivity index (χ0n) is 5.56. The average Bonchev–Trinajstić information content (AvgIpc) is 1.95. The van der Waals surface area contributed by atoms with Gasteiger partial charge in [0.25, 0.3) is 0 Å². The van der Waals surface area contributed by atoms with Crippen LogP contribution in [0.4, 0.5) is 4.39 Å². The van der Waals surface area contributed by atoms with Crippen LogP contribution >= 0.6 is 0 Å². The molecule has 1 heterocycles. The van der Waals surface area contributed by atoms with E-state index in [1.807, 2.05) is 0 Å². The minimum absolute atomic E-state index is 0.435. The van der Waals surface area contributed by atoms with E-state index < -0.39 is 5.95 Å². The van der Waals surface area contributed by atoms with Crippen LogP contribution in [0.3, 0.4) is 0 Å². The molecule has 1 rings (SSSR count). The van der Waals surface area contributed by atoms with Gasteiger partial charge in [0, 0.05) is 17.3 Å². The predicted molar refractivity (Wildman–Crippen MR) is 36.9 cm³/mol. The lowest BCUT2D eigenvalue weighted by atomic mass is 10.2. The van der Waals surface area contributed by atoms with Gasteiger partial charge in [0.15, 0.2) is 0 Å². The summed E-state index contributed by atoms with van der Waals surface area (Å²) in [5, 5.41) is 0. The molecule has 0 unspecified atom stereocenters. The Morgan fingerprint density at radius 1 is 1.70 bits per heavy atom. The van der Waals surface area contributed by atoms with Crippen molar-refractivity contribution in [3.63, 3.8) is 0 Å². The first kappa shape index (κ1) is 6.76. The summed E-state index contributed by atoms with van der Waals surface area (Å²) in [6.45, 7) is 1.61. The highest BCUT2D eigenvalue weighted by molar-refractivity contribution is 5.37. The van der Waals surface area contributed by atoms with Gasteiger partial charge in [-0.1, -0.05) is 5.92 Å². The zero-order chi connectivity index (χ0) is 7.56. The Morgan fingerprint density at radius 2 is 2.40 bits per heavy atom. The lowest BCUT2D eigenvalue weighted by Crippen LogP contribution is -1.90. The molecule has 0 saturated carbocycles. The van der Waals surface area contributed by atoms with Gasteiger partial charge in [-0.2, -0.15) is 4.39 Å². The number of rotatable bonds is 0. The van der Waals surface area contributed by atoms with E-state index in [2.05, 4.69) is 10.9 Å². The van der Waals surface area contributed by atoms with Crippen LogP contribution in [0, 0.1) is 25.2 Å². The van der Waals surface area contributed by atoms with Crippen molar-refractivity contribution in [2.75, 3.05) is 0 Å². The van der Waals surface area contributed by atoms with Crippen LogP contribution in [0.15, 0.2) is 12.3 Å². The first-order valence-corrected chi connectivity index (χ1v) is 2.83. The van der Waals surface area contributed by atoms with E-state index in [1.54, 1.807) is 13.0 Å². The van der Waals surface area contributed by atoms with Crippen molar-refractivity contribution in [3.05, 3.63) is 29.3 Å². The highest BCUT2D eigenvalue weighted by atomic mass is 19.1. The second kappa shape index (κ2) is 2.49. The quantitative estimate of drug-likeness (QED) is 0.388.